The molecule has 1 heterocycles. The number of halogens is 1. The highest BCUT2D eigenvalue weighted by Gasteiger charge is 2.12. The predicted molar refractivity (Wildman–Crippen MR) is 143 cm³/mol. The van der Waals surface area contributed by atoms with Gasteiger partial charge in [-0.2, -0.15) is 5.10 Å². The van der Waals surface area contributed by atoms with Gasteiger partial charge >= 0.3 is 0 Å². The van der Waals surface area contributed by atoms with Crippen molar-refractivity contribution in [1.82, 2.24) is 9.78 Å². The molecule has 0 aliphatic rings. The molecule has 0 spiro atoms. The maximum Gasteiger partial charge on any atom is 0.0839 e. The first-order chi connectivity index (χ1) is 15.6. The van der Waals surface area contributed by atoms with Crippen LogP contribution in [0.5, 0.6) is 0 Å². The Morgan fingerprint density at radius 1 is 0.625 bits per heavy atom. The van der Waals surface area contributed by atoms with Crippen molar-refractivity contribution in [3.05, 3.63) is 95.1 Å². The maximum absolute atomic E-state index is 6.39. The molecule has 0 unspecified atom stereocenters. The first-order valence-electron chi connectivity index (χ1n) is 11.6. The summed E-state index contributed by atoms with van der Waals surface area (Å²) in [6, 6.07) is 27.0. The summed E-state index contributed by atoms with van der Waals surface area (Å²) in [4.78, 5) is 0. The molecule has 0 bridgehead atoms. The van der Waals surface area contributed by atoms with E-state index in [2.05, 4.69) is 66.6 Å². The first-order valence-corrected chi connectivity index (χ1v) is 12.0. The van der Waals surface area contributed by atoms with Crippen LogP contribution in [0.15, 0.2) is 78.9 Å². The van der Waals surface area contributed by atoms with Gasteiger partial charge in [-0.3, -0.25) is 0 Å². The summed E-state index contributed by atoms with van der Waals surface area (Å²) in [6.45, 7) is 16.1. The summed E-state index contributed by atoms with van der Waals surface area (Å²) in [7, 11) is 0. The fraction of sp³-hybridized carbons (Fsp3) is 0.276. The SMILES string of the molecule is CC.CC.CC.Cc1cccc(-c2ccc(-c3cc(C)nn3-c3ccccc3Cl)cc2)c1. The van der Waals surface area contributed by atoms with E-state index in [1.165, 1.54) is 16.7 Å². The van der Waals surface area contributed by atoms with Crippen molar-refractivity contribution in [2.75, 3.05) is 0 Å². The molecule has 0 atom stereocenters. The van der Waals surface area contributed by atoms with Gasteiger partial charge in [0.2, 0.25) is 0 Å². The molecule has 0 radical (unpaired) electrons. The van der Waals surface area contributed by atoms with Crippen LogP contribution in [-0.4, -0.2) is 9.78 Å². The highest BCUT2D eigenvalue weighted by Crippen LogP contribution is 2.29. The second kappa shape index (κ2) is 14.3. The van der Waals surface area contributed by atoms with Crippen molar-refractivity contribution in [1.29, 1.82) is 0 Å². The summed E-state index contributed by atoms with van der Waals surface area (Å²) in [5.74, 6) is 0. The standard InChI is InChI=1S/C23H19ClN2.3C2H6/c1-16-6-5-7-20(14-16)18-10-12-19(13-11-18)23-15-17(2)25-26(23)22-9-4-3-8-21(22)24;3*1-2/h3-15H,1-2H3;3*1-2H3. The van der Waals surface area contributed by atoms with Gasteiger partial charge in [0.15, 0.2) is 0 Å². The largest absolute Gasteiger partial charge is 0.231 e. The molecule has 0 aliphatic carbocycles. The third-order valence-corrected chi connectivity index (χ3v) is 4.76. The summed E-state index contributed by atoms with van der Waals surface area (Å²) in [6.07, 6.45) is 0. The Morgan fingerprint density at radius 3 is 1.81 bits per heavy atom. The van der Waals surface area contributed by atoms with Gasteiger partial charge in [-0.25, -0.2) is 4.68 Å². The molecule has 1 aromatic heterocycles. The van der Waals surface area contributed by atoms with Gasteiger partial charge in [0.25, 0.3) is 0 Å². The van der Waals surface area contributed by atoms with Crippen LogP contribution in [0.4, 0.5) is 0 Å². The zero-order chi connectivity index (χ0) is 24.1. The minimum absolute atomic E-state index is 0.688. The van der Waals surface area contributed by atoms with Crippen molar-refractivity contribution in [2.24, 2.45) is 0 Å². The number of aromatic nitrogens is 2. The molecule has 0 saturated carbocycles. The van der Waals surface area contributed by atoms with Crippen LogP contribution in [0.25, 0.3) is 28.1 Å². The normalized spacial score (nSPS) is 9.41. The number of rotatable bonds is 3. The lowest BCUT2D eigenvalue weighted by molar-refractivity contribution is 0.869. The van der Waals surface area contributed by atoms with Crippen LogP contribution in [0.3, 0.4) is 0 Å². The van der Waals surface area contributed by atoms with E-state index < -0.39 is 0 Å². The van der Waals surface area contributed by atoms with Crippen molar-refractivity contribution >= 4 is 11.6 Å². The zero-order valence-corrected chi connectivity index (χ0v) is 21.5. The Kier molecular flexibility index (Phi) is 12.1. The molecule has 170 valence electrons. The second-order valence-corrected chi connectivity index (χ2v) is 6.89. The molecule has 0 amide bonds. The zero-order valence-electron chi connectivity index (χ0n) is 20.8. The van der Waals surface area contributed by atoms with Crippen molar-refractivity contribution in [3.8, 4) is 28.1 Å². The van der Waals surface area contributed by atoms with Crippen LogP contribution in [0.2, 0.25) is 5.02 Å². The molecule has 4 rings (SSSR count). The number of hydrogen-bond donors (Lipinski definition) is 0. The van der Waals surface area contributed by atoms with Gasteiger partial charge in [0.05, 0.1) is 22.1 Å². The van der Waals surface area contributed by atoms with Gasteiger partial charge in [-0.05, 0) is 43.2 Å². The van der Waals surface area contributed by atoms with E-state index in [0.29, 0.717) is 5.02 Å². The number of benzene rings is 3. The van der Waals surface area contributed by atoms with Gasteiger partial charge in [0.1, 0.15) is 0 Å². The molecule has 32 heavy (non-hydrogen) atoms. The van der Waals surface area contributed by atoms with Crippen molar-refractivity contribution < 1.29 is 0 Å². The fourth-order valence-electron chi connectivity index (χ4n) is 3.17. The van der Waals surface area contributed by atoms with E-state index in [-0.39, 0.29) is 0 Å². The van der Waals surface area contributed by atoms with Crippen LogP contribution < -0.4 is 0 Å². The third kappa shape index (κ3) is 6.83. The maximum atomic E-state index is 6.39. The molecule has 3 heteroatoms. The Morgan fingerprint density at radius 2 is 1.22 bits per heavy atom. The predicted octanol–water partition coefficient (Wildman–Crippen LogP) is 9.56. The summed E-state index contributed by atoms with van der Waals surface area (Å²) in [5.41, 5.74) is 7.69. The third-order valence-electron chi connectivity index (χ3n) is 4.44. The highest BCUT2D eigenvalue weighted by atomic mass is 35.5. The topological polar surface area (TPSA) is 17.8 Å². The molecule has 2 nitrogen and oxygen atoms in total. The molecule has 0 aliphatic heterocycles. The molecular weight excluding hydrogens is 412 g/mol. The minimum atomic E-state index is 0.688. The molecule has 3 aromatic carbocycles. The summed E-state index contributed by atoms with van der Waals surface area (Å²) in [5, 5.41) is 5.33. The van der Waals surface area contributed by atoms with Crippen molar-refractivity contribution in [3.63, 3.8) is 0 Å². The Labute approximate surface area is 199 Å². The highest BCUT2D eigenvalue weighted by molar-refractivity contribution is 6.32. The van der Waals surface area contributed by atoms with E-state index in [1.807, 2.05) is 77.4 Å². The van der Waals surface area contributed by atoms with Crippen molar-refractivity contribution in [2.45, 2.75) is 55.4 Å². The van der Waals surface area contributed by atoms with Gasteiger partial charge in [-0.1, -0.05) is 119 Å². The monoisotopic (exact) mass is 448 g/mol. The van der Waals surface area contributed by atoms with E-state index in [0.717, 1.165) is 22.6 Å². The van der Waals surface area contributed by atoms with E-state index in [9.17, 15) is 0 Å². The summed E-state index contributed by atoms with van der Waals surface area (Å²) >= 11 is 6.39. The Bertz CT molecular complexity index is 1060. The minimum Gasteiger partial charge on any atom is -0.231 e. The number of aryl methyl sites for hydroxylation is 2. The van der Waals surface area contributed by atoms with Crippen LogP contribution in [0, 0.1) is 13.8 Å². The Balaban J connectivity index is 0.000000789. The molecule has 0 fully saturated rings. The van der Waals surface area contributed by atoms with Crippen LogP contribution in [0.1, 0.15) is 52.8 Å². The molecular formula is C29H37ClN2. The van der Waals surface area contributed by atoms with E-state index in [1.54, 1.807) is 0 Å². The second-order valence-electron chi connectivity index (χ2n) is 6.48. The number of nitrogens with zero attached hydrogens (tertiary/aromatic N) is 2. The Hall–Kier alpha value is -2.84. The van der Waals surface area contributed by atoms with Gasteiger partial charge in [0, 0.05) is 5.56 Å². The lowest BCUT2D eigenvalue weighted by Gasteiger charge is -2.10. The lowest BCUT2D eigenvalue weighted by Crippen LogP contribution is -2.00. The quantitative estimate of drug-likeness (QED) is 0.305. The smallest absolute Gasteiger partial charge is 0.0839 e. The fourth-order valence-corrected chi connectivity index (χ4v) is 3.39. The van der Waals surface area contributed by atoms with Crippen LogP contribution in [-0.2, 0) is 0 Å². The van der Waals surface area contributed by atoms with E-state index in [4.69, 9.17) is 11.6 Å². The average molecular weight is 449 g/mol. The summed E-state index contributed by atoms with van der Waals surface area (Å²) < 4.78 is 1.92. The molecule has 4 aromatic rings. The first kappa shape index (κ1) is 27.2. The van der Waals surface area contributed by atoms with Crippen LogP contribution >= 0.6 is 11.6 Å². The molecule has 0 saturated heterocycles. The number of hydrogen-bond acceptors (Lipinski definition) is 1. The van der Waals surface area contributed by atoms with E-state index >= 15 is 0 Å². The van der Waals surface area contributed by atoms with Gasteiger partial charge < -0.3 is 0 Å². The lowest BCUT2D eigenvalue weighted by atomic mass is 10.0. The van der Waals surface area contributed by atoms with Gasteiger partial charge in [-0.15, -0.1) is 0 Å². The number of para-hydroxylation sites is 1. The molecule has 0 N–H and O–H groups in total. The average Bonchev–Trinajstić information content (AvgIpc) is 3.24.